The van der Waals surface area contributed by atoms with E-state index < -0.39 is 17.7 Å². The number of hydrogen-bond acceptors (Lipinski definition) is 2. The molecule has 1 atom stereocenters. The van der Waals surface area contributed by atoms with Gasteiger partial charge in [-0.3, -0.25) is 0 Å². The van der Waals surface area contributed by atoms with Crippen LogP contribution in [0.2, 0.25) is 0 Å². The average Bonchev–Trinajstić information content (AvgIpc) is 2.16. The van der Waals surface area contributed by atoms with E-state index in [0.717, 1.165) is 6.07 Å². The molecule has 1 unspecified atom stereocenters. The van der Waals surface area contributed by atoms with Crippen molar-refractivity contribution in [3.05, 3.63) is 35.4 Å². The molecule has 0 aromatic heterocycles. The van der Waals surface area contributed by atoms with Crippen molar-refractivity contribution in [3.63, 3.8) is 0 Å². The summed E-state index contributed by atoms with van der Waals surface area (Å²) in [5.41, 5.74) is 6.12. The molecule has 0 aliphatic heterocycles. The number of halogens is 2. The Morgan fingerprint density at radius 3 is 2.56 bits per heavy atom. The molecule has 0 saturated heterocycles. The van der Waals surface area contributed by atoms with Gasteiger partial charge in [0, 0.05) is 24.3 Å². The molecule has 2 N–H and O–H groups in total. The normalized spacial score (nSPS) is 13.1. The van der Waals surface area contributed by atoms with Gasteiger partial charge in [0.25, 0.3) is 0 Å². The molecule has 4 heteroatoms. The van der Waals surface area contributed by atoms with E-state index in [1.807, 2.05) is 13.8 Å². The van der Waals surface area contributed by atoms with Crippen molar-refractivity contribution >= 4 is 0 Å². The van der Waals surface area contributed by atoms with Crippen LogP contribution in [0.3, 0.4) is 0 Å². The molecule has 0 heterocycles. The quantitative estimate of drug-likeness (QED) is 0.842. The van der Waals surface area contributed by atoms with Crippen LogP contribution in [-0.4, -0.2) is 12.7 Å². The van der Waals surface area contributed by atoms with Crippen molar-refractivity contribution in [1.29, 1.82) is 0 Å². The molecule has 1 aromatic carbocycles. The lowest BCUT2D eigenvalue weighted by Crippen LogP contribution is -2.16. The first kappa shape index (κ1) is 13.1. The average molecular weight is 229 g/mol. The molecule has 0 fully saturated rings. The molecule has 0 aliphatic rings. The minimum atomic E-state index is -0.600. The molecule has 0 saturated carbocycles. The second-order valence-electron chi connectivity index (χ2n) is 3.98. The Balaban J connectivity index is 2.55. The second kappa shape index (κ2) is 5.92. The van der Waals surface area contributed by atoms with Gasteiger partial charge in [-0.05, 0) is 26.3 Å². The fraction of sp³-hybridized carbons (Fsp3) is 0.500. The zero-order valence-electron chi connectivity index (χ0n) is 9.54. The topological polar surface area (TPSA) is 35.2 Å². The summed E-state index contributed by atoms with van der Waals surface area (Å²) in [4.78, 5) is 0. The van der Waals surface area contributed by atoms with Crippen LogP contribution >= 0.6 is 0 Å². The minimum absolute atomic E-state index is 0.130. The summed E-state index contributed by atoms with van der Waals surface area (Å²) in [6.07, 6.45) is 0.644. The standard InChI is InChI=1S/C12H17F2NO/c1-8(2)16-6-5-12(15)10-4-3-9(13)7-11(10)14/h3-4,7-8,12H,5-6,15H2,1-2H3. The fourth-order valence-corrected chi connectivity index (χ4v) is 1.39. The van der Waals surface area contributed by atoms with E-state index in [1.54, 1.807) is 0 Å². The lowest BCUT2D eigenvalue weighted by molar-refractivity contribution is 0.0735. The van der Waals surface area contributed by atoms with Crippen LogP contribution in [0.5, 0.6) is 0 Å². The number of benzene rings is 1. The SMILES string of the molecule is CC(C)OCCC(N)c1ccc(F)cc1F. The lowest BCUT2D eigenvalue weighted by Gasteiger charge is -2.14. The monoisotopic (exact) mass is 229 g/mol. The highest BCUT2D eigenvalue weighted by Crippen LogP contribution is 2.18. The van der Waals surface area contributed by atoms with Crippen molar-refractivity contribution in [2.45, 2.75) is 32.4 Å². The minimum Gasteiger partial charge on any atom is -0.379 e. The van der Waals surface area contributed by atoms with E-state index >= 15 is 0 Å². The van der Waals surface area contributed by atoms with E-state index in [0.29, 0.717) is 18.6 Å². The van der Waals surface area contributed by atoms with Crippen LogP contribution in [0.1, 0.15) is 31.9 Å². The van der Waals surface area contributed by atoms with Crippen LogP contribution in [0, 0.1) is 11.6 Å². The maximum atomic E-state index is 13.3. The summed E-state index contributed by atoms with van der Waals surface area (Å²) in [6.45, 7) is 4.31. The van der Waals surface area contributed by atoms with Gasteiger partial charge in [-0.2, -0.15) is 0 Å². The van der Waals surface area contributed by atoms with Gasteiger partial charge in [0.2, 0.25) is 0 Å². The van der Waals surface area contributed by atoms with Crippen molar-refractivity contribution in [2.75, 3.05) is 6.61 Å². The van der Waals surface area contributed by atoms with Gasteiger partial charge in [-0.1, -0.05) is 6.07 Å². The number of hydrogen-bond donors (Lipinski definition) is 1. The third-order valence-corrected chi connectivity index (χ3v) is 2.24. The maximum Gasteiger partial charge on any atom is 0.130 e. The van der Waals surface area contributed by atoms with Gasteiger partial charge in [0.05, 0.1) is 6.10 Å². The summed E-state index contributed by atoms with van der Waals surface area (Å²) in [5, 5.41) is 0. The Hall–Kier alpha value is -1.00. The van der Waals surface area contributed by atoms with Gasteiger partial charge in [0.1, 0.15) is 11.6 Å². The molecular weight excluding hydrogens is 212 g/mol. The molecular formula is C12H17F2NO. The third kappa shape index (κ3) is 3.87. The lowest BCUT2D eigenvalue weighted by atomic mass is 10.0. The Kier molecular flexibility index (Phi) is 4.83. The van der Waals surface area contributed by atoms with E-state index in [9.17, 15) is 8.78 Å². The second-order valence-corrected chi connectivity index (χ2v) is 3.98. The van der Waals surface area contributed by atoms with E-state index in [1.165, 1.54) is 12.1 Å². The van der Waals surface area contributed by atoms with Crippen molar-refractivity contribution in [1.82, 2.24) is 0 Å². The van der Waals surface area contributed by atoms with Crippen LogP contribution in [0.4, 0.5) is 8.78 Å². The zero-order chi connectivity index (χ0) is 12.1. The smallest absolute Gasteiger partial charge is 0.130 e. The van der Waals surface area contributed by atoms with Gasteiger partial charge in [0.15, 0.2) is 0 Å². The first-order chi connectivity index (χ1) is 7.50. The molecule has 0 radical (unpaired) electrons. The highest BCUT2D eigenvalue weighted by molar-refractivity contribution is 5.21. The Labute approximate surface area is 94.4 Å². The first-order valence-corrected chi connectivity index (χ1v) is 5.33. The molecule has 0 amide bonds. The third-order valence-electron chi connectivity index (χ3n) is 2.24. The van der Waals surface area contributed by atoms with Gasteiger partial charge in [-0.15, -0.1) is 0 Å². The highest BCUT2D eigenvalue weighted by atomic mass is 19.1. The Morgan fingerprint density at radius 1 is 1.31 bits per heavy atom. The summed E-state index contributed by atoms with van der Waals surface area (Å²) in [7, 11) is 0. The first-order valence-electron chi connectivity index (χ1n) is 5.33. The van der Waals surface area contributed by atoms with Crippen molar-refractivity contribution in [3.8, 4) is 0 Å². The predicted octanol–water partition coefficient (Wildman–Crippen LogP) is 2.78. The predicted molar refractivity (Wildman–Crippen MR) is 59.0 cm³/mol. The molecule has 1 aromatic rings. The number of nitrogens with two attached hydrogens (primary N) is 1. The number of rotatable bonds is 5. The van der Waals surface area contributed by atoms with Gasteiger partial charge in [-0.25, -0.2) is 8.78 Å². The van der Waals surface area contributed by atoms with Crippen molar-refractivity contribution in [2.24, 2.45) is 5.73 Å². The summed E-state index contributed by atoms with van der Waals surface area (Å²) in [6, 6.07) is 2.98. The Morgan fingerprint density at radius 2 is 2.00 bits per heavy atom. The molecule has 16 heavy (non-hydrogen) atoms. The molecule has 2 nitrogen and oxygen atoms in total. The zero-order valence-corrected chi connectivity index (χ0v) is 9.54. The molecule has 90 valence electrons. The van der Waals surface area contributed by atoms with E-state index in [-0.39, 0.29) is 6.10 Å². The highest BCUT2D eigenvalue weighted by Gasteiger charge is 2.12. The summed E-state index contributed by atoms with van der Waals surface area (Å²) >= 11 is 0. The summed E-state index contributed by atoms with van der Waals surface area (Å²) < 4.78 is 31.3. The summed E-state index contributed by atoms with van der Waals surface area (Å²) in [5.74, 6) is -1.19. The fourth-order valence-electron chi connectivity index (χ4n) is 1.39. The van der Waals surface area contributed by atoms with Gasteiger partial charge < -0.3 is 10.5 Å². The van der Waals surface area contributed by atoms with Crippen molar-refractivity contribution < 1.29 is 13.5 Å². The number of ether oxygens (including phenoxy) is 1. The van der Waals surface area contributed by atoms with Crippen LogP contribution in [0.15, 0.2) is 18.2 Å². The molecule has 0 bridgehead atoms. The van der Waals surface area contributed by atoms with E-state index in [4.69, 9.17) is 10.5 Å². The van der Waals surface area contributed by atoms with E-state index in [2.05, 4.69) is 0 Å². The maximum absolute atomic E-state index is 13.3. The molecule has 0 spiro atoms. The molecule has 1 rings (SSSR count). The van der Waals surface area contributed by atoms with Crippen LogP contribution < -0.4 is 5.73 Å². The largest absolute Gasteiger partial charge is 0.379 e. The van der Waals surface area contributed by atoms with Gasteiger partial charge >= 0.3 is 0 Å². The Bertz CT molecular complexity index is 342. The molecule has 0 aliphatic carbocycles. The van der Waals surface area contributed by atoms with Crippen LogP contribution in [-0.2, 0) is 4.74 Å². The van der Waals surface area contributed by atoms with Crippen LogP contribution in [0.25, 0.3) is 0 Å².